The Kier molecular flexibility index (Phi) is 3.54. The lowest BCUT2D eigenvalue weighted by Crippen LogP contribution is -1.98. The van der Waals surface area contributed by atoms with Crippen molar-refractivity contribution in [2.24, 2.45) is 0 Å². The van der Waals surface area contributed by atoms with E-state index in [1.807, 2.05) is 24.3 Å². The fourth-order valence-corrected chi connectivity index (χ4v) is 2.82. The van der Waals surface area contributed by atoms with Crippen molar-refractivity contribution < 1.29 is 4.74 Å². The Morgan fingerprint density at radius 1 is 1.12 bits per heavy atom. The molecule has 0 saturated heterocycles. The van der Waals surface area contributed by atoms with Crippen molar-refractivity contribution in [3.8, 4) is 23.0 Å². The van der Waals surface area contributed by atoms with Gasteiger partial charge in [-0.25, -0.2) is 4.98 Å². The number of fused-ring (bicyclic) bond motifs is 1. The first-order valence-corrected chi connectivity index (χ1v) is 7.75. The van der Waals surface area contributed by atoms with Gasteiger partial charge >= 0.3 is 0 Å². The summed E-state index contributed by atoms with van der Waals surface area (Å²) in [6.45, 7) is 3.93. The van der Waals surface area contributed by atoms with Gasteiger partial charge in [-0.1, -0.05) is 12.1 Å². The molecule has 0 aliphatic rings. The third kappa shape index (κ3) is 2.34. The topological polar surface area (TPSA) is 55.7 Å². The standard InChI is InChI=1S/C19H17N4O/c1-3-13-4-6-14(7-5-13)23-18-9-8-15(24-2)12-17(18)21-19(23)16-10-11-20-22-16/h4-12H,1,3H2,2H3,(H,20,22). The van der Waals surface area contributed by atoms with Crippen LogP contribution in [0.4, 0.5) is 0 Å². The van der Waals surface area contributed by atoms with Crippen molar-refractivity contribution in [3.63, 3.8) is 0 Å². The molecule has 5 heteroatoms. The number of rotatable bonds is 4. The van der Waals surface area contributed by atoms with Crippen LogP contribution in [0.15, 0.2) is 54.7 Å². The number of H-pyrrole nitrogens is 1. The monoisotopic (exact) mass is 317 g/mol. The highest BCUT2D eigenvalue weighted by Gasteiger charge is 2.16. The molecule has 4 aromatic rings. The van der Waals surface area contributed by atoms with Gasteiger partial charge in [0.15, 0.2) is 5.82 Å². The van der Waals surface area contributed by atoms with Crippen LogP contribution in [-0.2, 0) is 6.42 Å². The van der Waals surface area contributed by atoms with E-state index in [4.69, 9.17) is 9.72 Å². The van der Waals surface area contributed by atoms with Crippen molar-refractivity contribution in [3.05, 3.63) is 67.2 Å². The molecule has 0 aliphatic carbocycles. The number of benzene rings is 2. The zero-order valence-corrected chi connectivity index (χ0v) is 13.4. The van der Waals surface area contributed by atoms with Gasteiger partial charge in [0.2, 0.25) is 0 Å². The maximum absolute atomic E-state index is 5.32. The average molecular weight is 317 g/mol. The van der Waals surface area contributed by atoms with E-state index in [1.165, 1.54) is 5.56 Å². The maximum Gasteiger partial charge on any atom is 0.166 e. The van der Waals surface area contributed by atoms with E-state index in [1.54, 1.807) is 13.3 Å². The van der Waals surface area contributed by atoms with Crippen LogP contribution >= 0.6 is 0 Å². The molecule has 1 radical (unpaired) electrons. The fourth-order valence-electron chi connectivity index (χ4n) is 2.82. The van der Waals surface area contributed by atoms with E-state index in [0.717, 1.165) is 40.4 Å². The van der Waals surface area contributed by atoms with E-state index in [2.05, 4.69) is 46.0 Å². The largest absolute Gasteiger partial charge is 0.497 e. The Labute approximate surface area is 139 Å². The van der Waals surface area contributed by atoms with Gasteiger partial charge < -0.3 is 4.74 Å². The zero-order valence-electron chi connectivity index (χ0n) is 13.4. The molecule has 119 valence electrons. The van der Waals surface area contributed by atoms with Crippen molar-refractivity contribution in [1.82, 2.24) is 19.7 Å². The molecule has 4 rings (SSSR count). The number of hydrogen-bond acceptors (Lipinski definition) is 3. The van der Waals surface area contributed by atoms with Crippen molar-refractivity contribution in [2.75, 3.05) is 7.11 Å². The fraction of sp³-hybridized carbons (Fsp3) is 0.105. The zero-order chi connectivity index (χ0) is 16.5. The molecule has 1 N–H and O–H groups in total. The molecule has 0 saturated carbocycles. The first-order chi connectivity index (χ1) is 11.8. The number of hydrogen-bond donors (Lipinski definition) is 1. The van der Waals surface area contributed by atoms with Crippen molar-refractivity contribution >= 4 is 11.0 Å². The van der Waals surface area contributed by atoms with E-state index < -0.39 is 0 Å². The molecule has 0 fully saturated rings. The third-order valence-corrected chi connectivity index (χ3v) is 4.07. The molecule has 0 atom stereocenters. The predicted octanol–water partition coefficient (Wildman–Crippen LogP) is 3.80. The van der Waals surface area contributed by atoms with Crippen LogP contribution in [0.25, 0.3) is 28.2 Å². The van der Waals surface area contributed by atoms with E-state index in [-0.39, 0.29) is 0 Å². The Bertz CT molecular complexity index is 969. The summed E-state index contributed by atoms with van der Waals surface area (Å²) in [5.41, 5.74) is 4.92. The second kappa shape index (κ2) is 5.85. The van der Waals surface area contributed by atoms with E-state index in [0.29, 0.717) is 0 Å². The molecule has 0 bridgehead atoms. The van der Waals surface area contributed by atoms with Gasteiger partial charge in [-0.2, -0.15) is 5.10 Å². The summed E-state index contributed by atoms with van der Waals surface area (Å²) in [6, 6.07) is 16.2. The van der Waals surface area contributed by atoms with Gasteiger partial charge in [0, 0.05) is 18.0 Å². The lowest BCUT2D eigenvalue weighted by atomic mass is 10.1. The van der Waals surface area contributed by atoms with E-state index >= 15 is 0 Å². The maximum atomic E-state index is 5.32. The second-order valence-corrected chi connectivity index (χ2v) is 5.50. The van der Waals surface area contributed by atoms with Gasteiger partial charge in [0.25, 0.3) is 0 Å². The van der Waals surface area contributed by atoms with Gasteiger partial charge in [-0.05, 0) is 49.2 Å². The summed E-state index contributed by atoms with van der Waals surface area (Å²) < 4.78 is 7.43. The lowest BCUT2D eigenvalue weighted by molar-refractivity contribution is 0.415. The molecule has 2 heterocycles. The highest BCUT2D eigenvalue weighted by atomic mass is 16.5. The molecule has 5 nitrogen and oxygen atoms in total. The Hall–Kier alpha value is -3.08. The molecule has 0 unspecified atom stereocenters. The summed E-state index contributed by atoms with van der Waals surface area (Å²) in [4.78, 5) is 4.77. The quantitative estimate of drug-likeness (QED) is 0.623. The molecular formula is C19H17N4O. The number of nitrogens with one attached hydrogen (secondary N) is 1. The molecule has 24 heavy (non-hydrogen) atoms. The van der Waals surface area contributed by atoms with Crippen molar-refractivity contribution in [1.29, 1.82) is 0 Å². The van der Waals surface area contributed by atoms with Crippen LogP contribution in [0, 0.1) is 6.92 Å². The highest BCUT2D eigenvalue weighted by molar-refractivity contribution is 5.83. The SMILES string of the molecule is [CH2]Cc1ccc(-n2c(-c3cc[nH]n3)nc3cc(OC)ccc32)cc1. The summed E-state index contributed by atoms with van der Waals surface area (Å²) in [5.74, 6) is 1.58. The van der Waals surface area contributed by atoms with Gasteiger partial charge in [0.05, 0.1) is 18.1 Å². The number of nitrogens with zero attached hydrogens (tertiary/aromatic N) is 3. The van der Waals surface area contributed by atoms with Crippen LogP contribution in [0.1, 0.15) is 5.56 Å². The van der Waals surface area contributed by atoms with Crippen LogP contribution in [0.5, 0.6) is 5.75 Å². The number of imidazole rings is 1. The van der Waals surface area contributed by atoms with Crippen LogP contribution < -0.4 is 4.74 Å². The smallest absolute Gasteiger partial charge is 0.166 e. The summed E-state index contributed by atoms with van der Waals surface area (Å²) in [7, 11) is 1.66. The van der Waals surface area contributed by atoms with Crippen LogP contribution in [0.2, 0.25) is 0 Å². The first-order valence-electron chi connectivity index (χ1n) is 7.75. The van der Waals surface area contributed by atoms with Crippen LogP contribution in [-0.4, -0.2) is 26.9 Å². The van der Waals surface area contributed by atoms with Gasteiger partial charge in [-0.3, -0.25) is 9.67 Å². The van der Waals surface area contributed by atoms with Gasteiger partial charge in [-0.15, -0.1) is 0 Å². The predicted molar refractivity (Wildman–Crippen MR) is 94.3 cm³/mol. The molecule has 0 spiro atoms. The Balaban J connectivity index is 1.98. The molecule has 0 amide bonds. The lowest BCUT2D eigenvalue weighted by Gasteiger charge is -2.09. The minimum Gasteiger partial charge on any atom is -0.497 e. The number of ether oxygens (including phenoxy) is 1. The summed E-state index contributed by atoms with van der Waals surface area (Å²) in [6.07, 6.45) is 2.57. The van der Waals surface area contributed by atoms with Gasteiger partial charge in [0.1, 0.15) is 11.4 Å². The third-order valence-electron chi connectivity index (χ3n) is 4.07. The number of methoxy groups -OCH3 is 1. The Morgan fingerprint density at radius 3 is 2.62 bits per heavy atom. The number of aromatic nitrogens is 4. The normalized spacial score (nSPS) is 11.1. The van der Waals surface area contributed by atoms with Crippen molar-refractivity contribution in [2.45, 2.75) is 6.42 Å². The summed E-state index contributed by atoms with van der Waals surface area (Å²) in [5, 5.41) is 7.15. The molecular weight excluding hydrogens is 300 g/mol. The molecule has 2 aromatic heterocycles. The average Bonchev–Trinajstić information content (AvgIpc) is 3.28. The minimum atomic E-state index is 0.772. The highest BCUT2D eigenvalue weighted by Crippen LogP contribution is 2.29. The Morgan fingerprint density at radius 2 is 1.96 bits per heavy atom. The van der Waals surface area contributed by atoms with Crippen LogP contribution in [0.3, 0.4) is 0 Å². The molecule has 2 aromatic carbocycles. The number of aromatic amines is 1. The summed E-state index contributed by atoms with van der Waals surface area (Å²) >= 11 is 0. The van der Waals surface area contributed by atoms with E-state index in [9.17, 15) is 0 Å². The minimum absolute atomic E-state index is 0.772. The second-order valence-electron chi connectivity index (χ2n) is 5.50. The molecule has 0 aliphatic heterocycles. The first kappa shape index (κ1) is 14.5.